The van der Waals surface area contributed by atoms with Crippen molar-refractivity contribution >= 4 is 21.8 Å². The van der Waals surface area contributed by atoms with Crippen molar-refractivity contribution in [3.8, 4) is 0 Å². The van der Waals surface area contributed by atoms with Crippen molar-refractivity contribution in [1.29, 1.82) is 0 Å². The molecular weight excluding hydrogens is 246 g/mol. The number of amides is 1. The zero-order valence-corrected chi connectivity index (χ0v) is 10.2. The van der Waals surface area contributed by atoms with E-state index in [1.165, 1.54) is 6.42 Å². The second-order valence-corrected chi connectivity index (χ2v) is 4.81. The monoisotopic (exact) mass is 263 g/mol. The number of ether oxygens (including phenoxy) is 1. The van der Waals surface area contributed by atoms with Crippen molar-refractivity contribution in [3.63, 3.8) is 0 Å². The Labute approximate surface area is 93.7 Å². The average Bonchev–Trinajstić information content (AvgIpc) is 2.26. The molecule has 1 aliphatic rings. The van der Waals surface area contributed by atoms with Crippen LogP contribution in [0.3, 0.4) is 0 Å². The Kier molecular flexibility index (Phi) is 5.48. The van der Waals surface area contributed by atoms with Crippen LogP contribution in [0.25, 0.3) is 0 Å². The van der Waals surface area contributed by atoms with Crippen LogP contribution in [0.4, 0.5) is 0 Å². The van der Waals surface area contributed by atoms with Gasteiger partial charge in [-0.2, -0.15) is 0 Å². The maximum Gasteiger partial charge on any atom is 0.233 e. The number of nitrogens with one attached hydrogen (secondary N) is 1. The summed E-state index contributed by atoms with van der Waals surface area (Å²) in [5.41, 5.74) is 0. The van der Waals surface area contributed by atoms with Crippen molar-refractivity contribution in [3.05, 3.63) is 0 Å². The zero-order valence-electron chi connectivity index (χ0n) is 8.59. The third kappa shape index (κ3) is 3.96. The maximum atomic E-state index is 11.4. The van der Waals surface area contributed by atoms with Gasteiger partial charge < -0.3 is 10.1 Å². The van der Waals surface area contributed by atoms with Crippen LogP contribution in [0.15, 0.2) is 0 Å². The van der Waals surface area contributed by atoms with Gasteiger partial charge in [0.1, 0.15) is 0 Å². The molecule has 82 valence electrons. The summed E-state index contributed by atoms with van der Waals surface area (Å²) in [6.07, 6.45) is 3.11. The molecule has 0 radical (unpaired) electrons. The summed E-state index contributed by atoms with van der Waals surface area (Å²) < 4.78 is 5.34. The van der Waals surface area contributed by atoms with E-state index in [2.05, 4.69) is 21.2 Å². The van der Waals surface area contributed by atoms with Crippen molar-refractivity contribution in [1.82, 2.24) is 5.32 Å². The molecule has 2 unspecified atom stereocenters. The van der Waals surface area contributed by atoms with Gasteiger partial charge in [0.2, 0.25) is 5.91 Å². The molecule has 0 aliphatic carbocycles. The zero-order chi connectivity index (χ0) is 10.4. The molecule has 14 heavy (non-hydrogen) atoms. The molecule has 1 aliphatic heterocycles. The summed E-state index contributed by atoms with van der Waals surface area (Å²) in [5, 5.41) is 2.94. The molecule has 1 N–H and O–H groups in total. The van der Waals surface area contributed by atoms with Crippen LogP contribution in [0.2, 0.25) is 0 Å². The van der Waals surface area contributed by atoms with Gasteiger partial charge in [-0.25, -0.2) is 0 Å². The van der Waals surface area contributed by atoms with Crippen LogP contribution < -0.4 is 5.32 Å². The Morgan fingerprint density at radius 2 is 2.50 bits per heavy atom. The van der Waals surface area contributed by atoms with Gasteiger partial charge in [0.25, 0.3) is 0 Å². The van der Waals surface area contributed by atoms with Crippen LogP contribution >= 0.6 is 15.9 Å². The summed E-state index contributed by atoms with van der Waals surface area (Å²) >= 11 is 3.32. The summed E-state index contributed by atoms with van der Waals surface area (Å²) in [7, 11) is 0. The van der Waals surface area contributed by atoms with Crippen LogP contribution in [0.1, 0.15) is 26.2 Å². The first-order valence-corrected chi connectivity index (χ1v) is 6.15. The lowest BCUT2D eigenvalue weighted by atomic mass is 10.0. The van der Waals surface area contributed by atoms with Crippen molar-refractivity contribution in [2.24, 2.45) is 5.92 Å². The fourth-order valence-electron chi connectivity index (χ4n) is 1.51. The van der Waals surface area contributed by atoms with E-state index < -0.39 is 0 Å². The molecule has 0 aromatic carbocycles. The van der Waals surface area contributed by atoms with Crippen molar-refractivity contribution in [2.75, 3.05) is 19.8 Å². The first-order chi connectivity index (χ1) is 6.74. The minimum atomic E-state index is -0.0491. The third-order valence-corrected chi connectivity index (χ3v) is 3.53. The molecule has 4 heteroatoms. The summed E-state index contributed by atoms with van der Waals surface area (Å²) in [4.78, 5) is 11.4. The Morgan fingerprint density at radius 1 is 1.71 bits per heavy atom. The van der Waals surface area contributed by atoms with E-state index in [4.69, 9.17) is 4.74 Å². The molecule has 2 atom stereocenters. The van der Waals surface area contributed by atoms with E-state index in [9.17, 15) is 4.79 Å². The topological polar surface area (TPSA) is 38.3 Å². The van der Waals surface area contributed by atoms with Gasteiger partial charge in [0.15, 0.2) is 0 Å². The number of carbonyl (C=O) groups excluding carboxylic acids is 1. The van der Waals surface area contributed by atoms with Crippen LogP contribution in [0.5, 0.6) is 0 Å². The Bertz CT molecular complexity index is 181. The highest BCUT2D eigenvalue weighted by atomic mass is 79.9. The van der Waals surface area contributed by atoms with E-state index in [0.29, 0.717) is 5.92 Å². The van der Waals surface area contributed by atoms with Crippen molar-refractivity contribution < 1.29 is 9.53 Å². The van der Waals surface area contributed by atoms with Crippen molar-refractivity contribution in [2.45, 2.75) is 31.0 Å². The lowest BCUT2D eigenvalue weighted by molar-refractivity contribution is -0.120. The van der Waals surface area contributed by atoms with E-state index in [-0.39, 0.29) is 10.7 Å². The summed E-state index contributed by atoms with van der Waals surface area (Å²) in [5.74, 6) is 0.599. The molecule has 0 spiro atoms. The van der Waals surface area contributed by atoms with Gasteiger partial charge in [-0.3, -0.25) is 4.79 Å². The van der Waals surface area contributed by atoms with Gasteiger partial charge in [-0.1, -0.05) is 22.9 Å². The highest BCUT2D eigenvalue weighted by molar-refractivity contribution is 9.10. The van der Waals surface area contributed by atoms with E-state index in [1.54, 1.807) is 0 Å². The highest BCUT2D eigenvalue weighted by Gasteiger charge is 2.17. The number of halogens is 1. The fraction of sp³-hybridized carbons (Fsp3) is 0.900. The molecule has 1 heterocycles. The Morgan fingerprint density at radius 3 is 3.07 bits per heavy atom. The third-order valence-electron chi connectivity index (χ3n) is 2.46. The molecule has 0 aromatic heterocycles. The fourth-order valence-corrected chi connectivity index (χ4v) is 1.67. The molecule has 1 saturated heterocycles. The standard InChI is InChI=1S/C10H18BrNO2/c1-2-9(11)10(13)12-6-8-4-3-5-14-7-8/h8-9H,2-7H2,1H3,(H,12,13). The lowest BCUT2D eigenvalue weighted by Gasteiger charge is -2.22. The Balaban J connectivity index is 2.15. The number of carbonyl (C=O) groups is 1. The minimum absolute atomic E-state index is 0.0491. The summed E-state index contributed by atoms with van der Waals surface area (Å²) in [6, 6.07) is 0. The largest absolute Gasteiger partial charge is 0.381 e. The van der Waals surface area contributed by atoms with E-state index in [0.717, 1.165) is 32.6 Å². The molecule has 1 amide bonds. The van der Waals surface area contributed by atoms with Gasteiger partial charge in [0, 0.05) is 13.2 Å². The number of hydrogen-bond acceptors (Lipinski definition) is 2. The molecule has 0 aromatic rings. The van der Waals surface area contributed by atoms with Crippen LogP contribution in [-0.4, -0.2) is 30.5 Å². The van der Waals surface area contributed by atoms with E-state index in [1.807, 2.05) is 6.92 Å². The van der Waals surface area contributed by atoms with Gasteiger partial charge >= 0.3 is 0 Å². The van der Waals surface area contributed by atoms with E-state index >= 15 is 0 Å². The number of rotatable bonds is 4. The SMILES string of the molecule is CCC(Br)C(=O)NCC1CCCOC1. The molecular formula is C10H18BrNO2. The molecule has 1 rings (SSSR count). The molecule has 0 saturated carbocycles. The quantitative estimate of drug-likeness (QED) is 0.785. The molecule has 0 bridgehead atoms. The second kappa shape index (κ2) is 6.40. The predicted octanol–water partition coefficient (Wildman–Crippen LogP) is 1.70. The maximum absolute atomic E-state index is 11.4. The van der Waals surface area contributed by atoms with Gasteiger partial charge in [-0.05, 0) is 25.2 Å². The minimum Gasteiger partial charge on any atom is -0.381 e. The van der Waals surface area contributed by atoms with Crippen LogP contribution in [0, 0.1) is 5.92 Å². The van der Waals surface area contributed by atoms with Gasteiger partial charge in [0.05, 0.1) is 11.4 Å². The molecule has 3 nitrogen and oxygen atoms in total. The lowest BCUT2D eigenvalue weighted by Crippen LogP contribution is -2.37. The van der Waals surface area contributed by atoms with Gasteiger partial charge in [-0.15, -0.1) is 0 Å². The molecule has 1 fully saturated rings. The smallest absolute Gasteiger partial charge is 0.233 e. The normalized spacial score (nSPS) is 24.3. The number of alkyl halides is 1. The Hall–Kier alpha value is -0.0900. The second-order valence-electron chi connectivity index (χ2n) is 3.70. The predicted molar refractivity (Wildman–Crippen MR) is 59.6 cm³/mol. The van der Waals surface area contributed by atoms with Crippen LogP contribution in [-0.2, 0) is 9.53 Å². The first kappa shape index (κ1) is 12.0. The average molecular weight is 264 g/mol. The first-order valence-electron chi connectivity index (χ1n) is 5.23. The summed E-state index contributed by atoms with van der Waals surface area (Å²) in [6.45, 7) is 4.41. The highest BCUT2D eigenvalue weighted by Crippen LogP contribution is 2.12. The number of hydrogen-bond donors (Lipinski definition) is 1.